The largest absolute Gasteiger partial charge is 0.485 e. The van der Waals surface area contributed by atoms with Gasteiger partial charge < -0.3 is 15.6 Å². The highest BCUT2D eigenvalue weighted by Crippen LogP contribution is 2.28. The first kappa shape index (κ1) is 13.4. The molecule has 0 spiro atoms. The summed E-state index contributed by atoms with van der Waals surface area (Å²) in [4.78, 5) is 13.4. The van der Waals surface area contributed by atoms with Crippen LogP contribution in [0.3, 0.4) is 0 Å². The maximum atomic E-state index is 11.1. The van der Waals surface area contributed by atoms with Crippen LogP contribution in [0.25, 0.3) is 0 Å². The minimum absolute atomic E-state index is 0.0901. The van der Waals surface area contributed by atoms with Crippen LogP contribution in [0.1, 0.15) is 27.0 Å². The Kier molecular flexibility index (Phi) is 4.06. The summed E-state index contributed by atoms with van der Waals surface area (Å²) in [6.45, 7) is 2.42. The number of benzene rings is 1. The van der Waals surface area contributed by atoms with Crippen molar-refractivity contribution >= 4 is 23.0 Å². The fourth-order valence-electron chi connectivity index (χ4n) is 1.72. The van der Waals surface area contributed by atoms with E-state index < -0.39 is 5.97 Å². The molecule has 1 aromatic carbocycles. The molecule has 5 heteroatoms. The van der Waals surface area contributed by atoms with Crippen molar-refractivity contribution in [3.63, 3.8) is 0 Å². The number of carbonyl (C=O) groups is 1. The summed E-state index contributed by atoms with van der Waals surface area (Å²) >= 11 is 1.66. The number of anilines is 1. The molecule has 0 fully saturated rings. The Morgan fingerprint density at radius 3 is 2.68 bits per heavy atom. The molecule has 0 saturated carbocycles. The van der Waals surface area contributed by atoms with Gasteiger partial charge in [0.15, 0.2) is 5.75 Å². The molecule has 0 saturated heterocycles. The van der Waals surface area contributed by atoms with E-state index in [9.17, 15) is 4.79 Å². The Labute approximate surface area is 115 Å². The van der Waals surface area contributed by atoms with Crippen molar-refractivity contribution < 1.29 is 14.6 Å². The number of hydrogen-bond acceptors (Lipinski definition) is 4. The quantitative estimate of drug-likeness (QED) is 0.823. The first-order chi connectivity index (χ1) is 9.11. The van der Waals surface area contributed by atoms with Crippen LogP contribution < -0.4 is 10.5 Å². The van der Waals surface area contributed by atoms with Gasteiger partial charge in [-0.3, -0.25) is 0 Å². The first-order valence-corrected chi connectivity index (χ1v) is 6.75. The topological polar surface area (TPSA) is 72.5 Å². The number of ether oxygens (including phenoxy) is 1. The van der Waals surface area contributed by atoms with E-state index in [2.05, 4.69) is 13.0 Å². The third kappa shape index (κ3) is 3.06. The van der Waals surface area contributed by atoms with Gasteiger partial charge in [-0.2, -0.15) is 0 Å². The maximum absolute atomic E-state index is 11.1. The van der Waals surface area contributed by atoms with Crippen LogP contribution in [-0.4, -0.2) is 11.1 Å². The standard InChI is InChI=1S/C14H15NO3S/c1-2-9-6-7-10(19-9)8-18-13-11(14(16)17)4-3-5-12(13)15/h3-7H,2,8,15H2,1H3,(H,16,17). The molecule has 100 valence electrons. The van der Waals surface area contributed by atoms with Gasteiger partial charge in [0.25, 0.3) is 0 Å². The maximum Gasteiger partial charge on any atom is 0.339 e. The van der Waals surface area contributed by atoms with Crippen LogP contribution in [0.4, 0.5) is 5.69 Å². The molecule has 0 aliphatic heterocycles. The minimum atomic E-state index is -1.04. The van der Waals surface area contributed by atoms with Gasteiger partial charge in [0.1, 0.15) is 12.2 Å². The molecule has 19 heavy (non-hydrogen) atoms. The van der Waals surface area contributed by atoms with E-state index >= 15 is 0 Å². The van der Waals surface area contributed by atoms with Crippen molar-refractivity contribution in [2.45, 2.75) is 20.0 Å². The monoisotopic (exact) mass is 277 g/mol. The van der Waals surface area contributed by atoms with Crippen LogP contribution in [-0.2, 0) is 13.0 Å². The van der Waals surface area contributed by atoms with Crippen LogP contribution in [0.5, 0.6) is 5.75 Å². The van der Waals surface area contributed by atoms with Crippen molar-refractivity contribution in [1.29, 1.82) is 0 Å². The van der Waals surface area contributed by atoms with E-state index in [1.54, 1.807) is 23.5 Å². The van der Waals surface area contributed by atoms with E-state index in [1.807, 2.05) is 6.07 Å². The highest BCUT2D eigenvalue weighted by Gasteiger charge is 2.14. The molecule has 0 radical (unpaired) electrons. The molecule has 0 bridgehead atoms. The number of aryl methyl sites for hydroxylation is 1. The van der Waals surface area contributed by atoms with Gasteiger partial charge in [0, 0.05) is 9.75 Å². The SMILES string of the molecule is CCc1ccc(COc2c(N)cccc2C(=O)O)s1. The molecule has 0 aliphatic rings. The summed E-state index contributed by atoms with van der Waals surface area (Å²) in [5, 5.41) is 9.10. The van der Waals surface area contributed by atoms with Crippen molar-refractivity contribution in [2.75, 3.05) is 5.73 Å². The zero-order valence-corrected chi connectivity index (χ0v) is 11.4. The minimum Gasteiger partial charge on any atom is -0.485 e. The number of rotatable bonds is 5. The van der Waals surface area contributed by atoms with Gasteiger partial charge in [0.2, 0.25) is 0 Å². The van der Waals surface area contributed by atoms with Crippen LogP contribution in [0.2, 0.25) is 0 Å². The summed E-state index contributed by atoms with van der Waals surface area (Å²) in [7, 11) is 0. The molecule has 4 nitrogen and oxygen atoms in total. The Morgan fingerprint density at radius 2 is 2.05 bits per heavy atom. The summed E-state index contributed by atoms with van der Waals surface area (Å²) in [6, 6.07) is 8.76. The van der Waals surface area contributed by atoms with E-state index in [4.69, 9.17) is 15.6 Å². The Bertz CT molecular complexity index is 592. The summed E-state index contributed by atoms with van der Waals surface area (Å²) < 4.78 is 5.58. The van der Waals surface area contributed by atoms with E-state index in [-0.39, 0.29) is 11.3 Å². The summed E-state index contributed by atoms with van der Waals surface area (Å²) in [5.41, 5.74) is 6.20. The van der Waals surface area contributed by atoms with Gasteiger partial charge in [-0.1, -0.05) is 13.0 Å². The number of carboxylic acids is 1. The molecule has 0 amide bonds. The predicted octanol–water partition coefficient (Wildman–Crippen LogP) is 3.17. The third-order valence-electron chi connectivity index (χ3n) is 2.70. The van der Waals surface area contributed by atoms with Crippen LogP contribution in [0.15, 0.2) is 30.3 Å². The molecule has 2 rings (SSSR count). The second-order valence-electron chi connectivity index (χ2n) is 4.04. The molecule has 0 unspecified atom stereocenters. The fraction of sp³-hybridized carbons (Fsp3) is 0.214. The molecular weight excluding hydrogens is 262 g/mol. The molecule has 0 atom stereocenters. The van der Waals surface area contributed by atoms with Crippen molar-refractivity contribution in [2.24, 2.45) is 0 Å². The molecule has 1 aromatic heterocycles. The second-order valence-corrected chi connectivity index (χ2v) is 5.29. The normalized spacial score (nSPS) is 10.4. The first-order valence-electron chi connectivity index (χ1n) is 5.94. The summed E-state index contributed by atoms with van der Waals surface area (Å²) in [6.07, 6.45) is 0.985. The van der Waals surface area contributed by atoms with Gasteiger partial charge in [-0.05, 0) is 30.7 Å². The van der Waals surface area contributed by atoms with Crippen molar-refractivity contribution in [3.05, 3.63) is 45.6 Å². The number of para-hydroxylation sites is 1. The number of nitrogen functional groups attached to an aromatic ring is 1. The molecular formula is C14H15NO3S. The van der Waals surface area contributed by atoms with E-state index in [1.165, 1.54) is 10.9 Å². The Hall–Kier alpha value is -2.01. The number of nitrogens with two attached hydrogens (primary N) is 1. The Morgan fingerprint density at radius 1 is 1.32 bits per heavy atom. The molecule has 3 N–H and O–H groups in total. The lowest BCUT2D eigenvalue weighted by atomic mass is 10.2. The number of thiophene rings is 1. The predicted molar refractivity (Wildman–Crippen MR) is 75.8 cm³/mol. The lowest BCUT2D eigenvalue weighted by molar-refractivity contribution is 0.0692. The number of carboxylic acid groups (broad SMARTS) is 1. The smallest absolute Gasteiger partial charge is 0.339 e. The average Bonchev–Trinajstić information content (AvgIpc) is 2.85. The zero-order chi connectivity index (χ0) is 13.8. The average molecular weight is 277 g/mol. The van der Waals surface area contributed by atoms with E-state index in [0.29, 0.717) is 12.3 Å². The van der Waals surface area contributed by atoms with Crippen LogP contribution in [0, 0.1) is 0 Å². The lowest BCUT2D eigenvalue weighted by Gasteiger charge is -2.10. The van der Waals surface area contributed by atoms with E-state index in [0.717, 1.165) is 11.3 Å². The third-order valence-corrected chi connectivity index (χ3v) is 3.90. The Balaban J connectivity index is 2.17. The highest BCUT2D eigenvalue weighted by molar-refractivity contribution is 7.11. The molecule has 2 aromatic rings. The second kappa shape index (κ2) is 5.75. The highest BCUT2D eigenvalue weighted by atomic mass is 32.1. The summed E-state index contributed by atoms with van der Waals surface area (Å²) in [5.74, 6) is -0.802. The van der Waals surface area contributed by atoms with Gasteiger partial charge in [-0.15, -0.1) is 11.3 Å². The number of aromatic carboxylic acids is 1. The zero-order valence-electron chi connectivity index (χ0n) is 10.6. The van der Waals surface area contributed by atoms with Gasteiger partial charge in [0.05, 0.1) is 5.69 Å². The van der Waals surface area contributed by atoms with Crippen molar-refractivity contribution in [1.82, 2.24) is 0 Å². The molecule has 1 heterocycles. The molecule has 0 aliphatic carbocycles. The van der Waals surface area contributed by atoms with Gasteiger partial charge >= 0.3 is 5.97 Å². The van der Waals surface area contributed by atoms with Gasteiger partial charge in [-0.25, -0.2) is 4.79 Å². The van der Waals surface area contributed by atoms with Crippen LogP contribution >= 0.6 is 11.3 Å². The number of hydrogen-bond donors (Lipinski definition) is 2. The van der Waals surface area contributed by atoms with Crippen molar-refractivity contribution in [3.8, 4) is 5.75 Å². The fourth-order valence-corrected chi connectivity index (χ4v) is 2.59. The lowest BCUT2D eigenvalue weighted by Crippen LogP contribution is -2.05.